The minimum atomic E-state index is -0.207. The number of likely N-dealkylation sites (tertiary alicyclic amines) is 1. The van der Waals surface area contributed by atoms with Gasteiger partial charge < -0.3 is 14.6 Å². The number of carbonyl (C=O) groups is 1. The number of nitriles is 1. The minimum Gasteiger partial charge on any atom is -0.443 e. The highest BCUT2D eigenvalue weighted by atomic mass is 16.4. The molecule has 0 aromatic carbocycles. The maximum atomic E-state index is 12.8. The number of hydrogen-bond donors (Lipinski definition) is 1. The maximum Gasteiger partial charge on any atom is 0.256 e. The van der Waals surface area contributed by atoms with Gasteiger partial charge in [-0.1, -0.05) is 0 Å². The Labute approximate surface area is 147 Å². The summed E-state index contributed by atoms with van der Waals surface area (Å²) in [5.74, 6) is 0.674. The number of carbonyl (C=O) groups excluding carboxylic acids is 1. The van der Waals surface area contributed by atoms with Gasteiger partial charge >= 0.3 is 0 Å². The van der Waals surface area contributed by atoms with Crippen molar-refractivity contribution < 1.29 is 9.21 Å². The average molecular weight is 338 g/mol. The van der Waals surface area contributed by atoms with Gasteiger partial charge in [0.25, 0.3) is 5.91 Å². The van der Waals surface area contributed by atoms with Crippen molar-refractivity contribution in [1.29, 1.82) is 5.26 Å². The number of rotatable bonds is 4. The molecule has 2 aliphatic rings. The van der Waals surface area contributed by atoms with Crippen LogP contribution in [0.4, 0.5) is 0 Å². The number of furan rings is 1. The molecule has 0 atom stereocenters. The third kappa shape index (κ3) is 3.08. The maximum absolute atomic E-state index is 12.8. The zero-order valence-corrected chi connectivity index (χ0v) is 14.4. The molecule has 0 radical (unpaired) electrons. The van der Waals surface area contributed by atoms with Crippen LogP contribution in [0.2, 0.25) is 0 Å². The van der Waals surface area contributed by atoms with Crippen LogP contribution >= 0.6 is 0 Å². The Kier molecular flexibility index (Phi) is 4.10. The van der Waals surface area contributed by atoms with E-state index in [1.165, 1.54) is 12.8 Å². The summed E-state index contributed by atoms with van der Waals surface area (Å²) in [6.07, 6.45) is 8.16. The second-order valence-electron chi connectivity index (χ2n) is 6.93. The van der Waals surface area contributed by atoms with Crippen molar-refractivity contribution in [2.45, 2.75) is 44.7 Å². The number of amides is 1. The normalized spacial score (nSPS) is 18.9. The third-order valence-electron chi connectivity index (χ3n) is 5.17. The van der Waals surface area contributed by atoms with Crippen molar-refractivity contribution in [2.24, 2.45) is 0 Å². The summed E-state index contributed by atoms with van der Waals surface area (Å²) >= 11 is 0. The summed E-state index contributed by atoms with van der Waals surface area (Å²) in [6.45, 7) is 3.82. The van der Waals surface area contributed by atoms with E-state index >= 15 is 0 Å². The first-order valence-corrected chi connectivity index (χ1v) is 8.89. The first kappa shape index (κ1) is 16.0. The van der Waals surface area contributed by atoms with Gasteiger partial charge in [0.15, 0.2) is 0 Å². The van der Waals surface area contributed by atoms with Crippen LogP contribution in [0.15, 0.2) is 28.9 Å². The Morgan fingerprint density at radius 1 is 1.24 bits per heavy atom. The van der Waals surface area contributed by atoms with E-state index in [9.17, 15) is 10.1 Å². The Balaban J connectivity index is 1.49. The summed E-state index contributed by atoms with van der Waals surface area (Å²) in [7, 11) is 0. The number of nitrogens with one attached hydrogen (secondary N) is 1. The number of piperidine rings is 1. The van der Waals surface area contributed by atoms with Crippen molar-refractivity contribution in [2.75, 3.05) is 13.1 Å². The van der Waals surface area contributed by atoms with Crippen LogP contribution in [0, 0.1) is 18.3 Å². The highest BCUT2D eigenvalue weighted by molar-refractivity contribution is 5.98. The summed E-state index contributed by atoms with van der Waals surface area (Å²) in [5.41, 5.74) is 0.650. The SMILES string of the molecule is Cc1oc(-n2cccc2)c(C#N)c1C(=O)NC1CCN(C2CC2)CC1. The van der Waals surface area contributed by atoms with Crippen molar-refractivity contribution in [1.82, 2.24) is 14.8 Å². The van der Waals surface area contributed by atoms with E-state index in [2.05, 4.69) is 16.3 Å². The van der Waals surface area contributed by atoms with Crippen molar-refractivity contribution >= 4 is 5.91 Å². The van der Waals surface area contributed by atoms with Crippen molar-refractivity contribution in [3.05, 3.63) is 41.4 Å². The number of nitrogens with zero attached hydrogens (tertiary/aromatic N) is 3. The van der Waals surface area contributed by atoms with Gasteiger partial charge in [-0.15, -0.1) is 0 Å². The largest absolute Gasteiger partial charge is 0.443 e. The fraction of sp³-hybridized carbons (Fsp3) is 0.474. The molecule has 130 valence electrons. The molecule has 1 aliphatic carbocycles. The first-order valence-electron chi connectivity index (χ1n) is 8.89. The highest BCUT2D eigenvalue weighted by Gasteiger charge is 2.33. The molecular weight excluding hydrogens is 316 g/mol. The predicted molar refractivity (Wildman–Crippen MR) is 92.6 cm³/mol. The Morgan fingerprint density at radius 3 is 2.52 bits per heavy atom. The molecule has 1 saturated heterocycles. The average Bonchev–Trinajstić information content (AvgIpc) is 3.20. The molecule has 1 N–H and O–H groups in total. The Morgan fingerprint density at radius 2 is 1.92 bits per heavy atom. The molecule has 2 aromatic rings. The topological polar surface area (TPSA) is 74.2 Å². The van der Waals surface area contributed by atoms with Crippen LogP contribution in [0.1, 0.15) is 47.4 Å². The lowest BCUT2D eigenvalue weighted by atomic mass is 10.0. The van der Waals surface area contributed by atoms with Crippen LogP contribution in [0.5, 0.6) is 0 Å². The van der Waals surface area contributed by atoms with Crippen LogP contribution in [0.25, 0.3) is 5.88 Å². The van der Waals surface area contributed by atoms with Crippen LogP contribution in [-0.4, -0.2) is 40.5 Å². The molecular formula is C19H22N4O2. The minimum absolute atomic E-state index is 0.165. The smallest absolute Gasteiger partial charge is 0.256 e. The van der Waals surface area contributed by atoms with Gasteiger partial charge in [0, 0.05) is 37.6 Å². The zero-order chi connectivity index (χ0) is 17.4. The summed E-state index contributed by atoms with van der Waals surface area (Å²) in [6, 6.07) is 6.79. The van der Waals surface area contributed by atoms with Gasteiger partial charge in [0.05, 0.1) is 0 Å². The zero-order valence-electron chi connectivity index (χ0n) is 14.4. The fourth-order valence-electron chi connectivity index (χ4n) is 3.67. The van der Waals surface area contributed by atoms with E-state index in [0.29, 0.717) is 22.8 Å². The van der Waals surface area contributed by atoms with Crippen LogP contribution in [0.3, 0.4) is 0 Å². The van der Waals surface area contributed by atoms with E-state index in [1.807, 2.05) is 12.1 Å². The lowest BCUT2D eigenvalue weighted by Crippen LogP contribution is -2.45. The molecule has 1 aliphatic heterocycles. The Bertz CT molecular complexity index is 803. The van der Waals surface area contributed by atoms with E-state index < -0.39 is 0 Å². The monoisotopic (exact) mass is 338 g/mol. The molecule has 2 aromatic heterocycles. The molecule has 2 fully saturated rings. The Hall–Kier alpha value is -2.52. The molecule has 0 unspecified atom stereocenters. The highest BCUT2D eigenvalue weighted by Crippen LogP contribution is 2.30. The fourth-order valence-corrected chi connectivity index (χ4v) is 3.67. The number of aryl methyl sites for hydroxylation is 1. The standard InChI is InChI=1S/C19H22N4O2/c1-13-17(16(12-20)19(25-13)23-8-2-3-9-23)18(24)21-14-6-10-22(11-7-14)15-4-5-15/h2-3,8-9,14-15H,4-7,10-11H2,1H3,(H,21,24). The molecule has 3 heterocycles. The van der Waals surface area contributed by atoms with Crippen molar-refractivity contribution in [3.8, 4) is 12.0 Å². The van der Waals surface area contributed by atoms with Crippen LogP contribution in [-0.2, 0) is 0 Å². The third-order valence-corrected chi connectivity index (χ3v) is 5.17. The number of aromatic nitrogens is 1. The van der Waals surface area contributed by atoms with Gasteiger partial charge in [-0.25, -0.2) is 0 Å². The predicted octanol–water partition coefficient (Wildman–Crippen LogP) is 2.61. The molecule has 1 amide bonds. The van der Waals surface area contributed by atoms with Gasteiger partial charge in [-0.05, 0) is 44.7 Å². The molecule has 6 nitrogen and oxygen atoms in total. The van der Waals surface area contributed by atoms with Crippen LogP contribution < -0.4 is 5.32 Å². The second-order valence-corrected chi connectivity index (χ2v) is 6.93. The first-order chi connectivity index (χ1) is 12.2. The molecule has 4 rings (SSSR count). The van der Waals surface area contributed by atoms with Gasteiger partial charge in [-0.3, -0.25) is 9.36 Å². The quantitative estimate of drug-likeness (QED) is 0.930. The molecule has 0 bridgehead atoms. The lowest BCUT2D eigenvalue weighted by molar-refractivity contribution is 0.0907. The van der Waals surface area contributed by atoms with E-state index in [0.717, 1.165) is 32.0 Å². The molecule has 1 saturated carbocycles. The van der Waals surface area contributed by atoms with Gasteiger partial charge in [0.1, 0.15) is 23.0 Å². The second kappa shape index (κ2) is 6.41. The van der Waals surface area contributed by atoms with E-state index in [-0.39, 0.29) is 11.9 Å². The van der Waals surface area contributed by atoms with Crippen molar-refractivity contribution in [3.63, 3.8) is 0 Å². The van der Waals surface area contributed by atoms with Gasteiger partial charge in [-0.2, -0.15) is 5.26 Å². The summed E-state index contributed by atoms with van der Waals surface area (Å²) < 4.78 is 7.44. The molecule has 0 spiro atoms. The summed E-state index contributed by atoms with van der Waals surface area (Å²) in [4.78, 5) is 15.3. The van der Waals surface area contributed by atoms with Gasteiger partial charge in [0.2, 0.25) is 5.88 Å². The lowest BCUT2D eigenvalue weighted by Gasteiger charge is -2.32. The number of hydrogen-bond acceptors (Lipinski definition) is 4. The van der Waals surface area contributed by atoms with E-state index in [4.69, 9.17) is 4.42 Å². The molecule has 25 heavy (non-hydrogen) atoms. The molecule has 6 heteroatoms. The van der Waals surface area contributed by atoms with E-state index in [1.54, 1.807) is 23.9 Å². The summed E-state index contributed by atoms with van der Waals surface area (Å²) in [5, 5.41) is 12.7.